The Morgan fingerprint density at radius 3 is 1.17 bits per heavy atom. The lowest BCUT2D eigenvalue weighted by Gasteiger charge is -1.71. The van der Waals surface area contributed by atoms with Crippen molar-refractivity contribution in [3.63, 3.8) is 0 Å². The molecule has 0 aliphatic heterocycles. The van der Waals surface area contributed by atoms with Gasteiger partial charge < -0.3 is 10.0 Å². The molecule has 0 bridgehead atoms. The summed E-state index contributed by atoms with van der Waals surface area (Å²) in [6.45, 7) is 0. The van der Waals surface area contributed by atoms with E-state index in [-0.39, 0.29) is 9.41 Å². The summed E-state index contributed by atoms with van der Waals surface area (Å²) in [5.41, 5.74) is 0. The molecule has 0 aliphatic carbocycles. The van der Waals surface area contributed by atoms with Crippen LogP contribution in [0, 0.1) is 0 Å². The molecule has 0 aromatic heterocycles. The summed E-state index contributed by atoms with van der Waals surface area (Å²) in [6, 6.07) is 0. The van der Waals surface area contributed by atoms with Gasteiger partial charge in [0.2, 0.25) is 0 Å². The number of halogens is 2. The first-order chi connectivity index (χ1) is 1.73. The molecule has 0 saturated heterocycles. The normalized spacial score (nSPS) is 4.33. The van der Waals surface area contributed by atoms with Gasteiger partial charge in [-0.1, -0.05) is 0 Å². The van der Waals surface area contributed by atoms with Crippen molar-refractivity contribution in [2.75, 3.05) is 0 Å². The highest BCUT2D eigenvalue weighted by atomic mass is 19.0. The van der Waals surface area contributed by atoms with Crippen LogP contribution in [0.2, 0.25) is 0 Å². The Kier molecular flexibility index (Phi) is 24.9. The fourth-order valence-electron chi connectivity index (χ4n) is 0. The molecular formula is H6B2F2O2. The number of hydrogen-bond acceptors (Lipinski definition) is 2. The van der Waals surface area contributed by atoms with Gasteiger partial charge in [0.25, 0.3) is 0 Å². The van der Waals surface area contributed by atoms with Crippen LogP contribution < -0.4 is 0 Å². The van der Waals surface area contributed by atoms with Crippen molar-refractivity contribution in [3.05, 3.63) is 0 Å². The topological polar surface area (TPSA) is 40.5 Å². The minimum Gasteiger partial charge on any atom is -0.434 e. The van der Waals surface area contributed by atoms with Crippen molar-refractivity contribution >= 4 is 14.7 Å². The van der Waals surface area contributed by atoms with Crippen LogP contribution in [-0.2, 0) is 0 Å². The second-order valence-corrected chi connectivity index (χ2v) is 0.632. The summed E-state index contributed by atoms with van der Waals surface area (Å²) in [5, 5.41) is 15.2. The Labute approximate surface area is 35.4 Å². The maximum absolute atomic E-state index is 7.61. The first kappa shape index (κ1) is 16.8. The first-order valence-electron chi connectivity index (χ1n) is 1.09. The lowest BCUT2D eigenvalue weighted by molar-refractivity contribution is 0.435. The Bertz CT molecular complexity index is 14.3. The summed E-state index contributed by atoms with van der Waals surface area (Å²) in [4.78, 5) is 0. The highest BCUT2D eigenvalue weighted by Gasteiger charge is 1.85. The second-order valence-electron chi connectivity index (χ2n) is 0.632. The maximum atomic E-state index is 7.61. The minimum atomic E-state index is -1.17. The first-order valence-corrected chi connectivity index (χ1v) is 1.09. The molecule has 0 radical (unpaired) electrons. The molecular weight excluding hydrogens is 91.6 g/mol. The van der Waals surface area contributed by atoms with E-state index >= 15 is 0 Å². The van der Waals surface area contributed by atoms with Gasteiger partial charge >= 0.3 is 7.01 Å². The Morgan fingerprint density at radius 1 is 1.17 bits per heavy atom. The quantitative estimate of drug-likeness (QED) is 0.340. The van der Waals surface area contributed by atoms with E-state index < -0.39 is 7.01 Å². The number of hydrogen-bond donors (Lipinski definition) is 2. The highest BCUT2D eigenvalue weighted by Crippen LogP contribution is 1.38. The molecule has 0 fully saturated rings. The Morgan fingerprint density at radius 2 is 1.17 bits per heavy atom. The summed E-state index contributed by atoms with van der Waals surface area (Å²) >= 11 is 0. The molecule has 0 atom stereocenters. The maximum Gasteiger partial charge on any atom is 0.391 e. The van der Waals surface area contributed by atoms with Gasteiger partial charge in [-0.15, -0.1) is 0 Å². The standard InChI is InChI=1S/B2H4O2.2FH/c1-2(3)4;;/h3-4H,1H2;2*1H. The third-order valence-electron chi connectivity index (χ3n) is 0. The van der Waals surface area contributed by atoms with Crippen LogP contribution in [0.4, 0.5) is 9.41 Å². The smallest absolute Gasteiger partial charge is 0.391 e. The zero-order valence-corrected chi connectivity index (χ0v) is 3.29. The average Bonchev–Trinajstić information content (AvgIpc) is 0.811. The van der Waals surface area contributed by atoms with Crippen molar-refractivity contribution in [3.8, 4) is 0 Å². The van der Waals surface area contributed by atoms with Crippen molar-refractivity contribution in [2.24, 2.45) is 0 Å². The van der Waals surface area contributed by atoms with Crippen LogP contribution in [0.25, 0.3) is 0 Å². The Hall–Kier alpha value is -0.0901. The summed E-state index contributed by atoms with van der Waals surface area (Å²) in [7, 11) is 0.111. The molecule has 0 spiro atoms. The SMILES string of the molecule is BB(O)O.F.F. The molecule has 38 valence electrons. The van der Waals surface area contributed by atoms with E-state index in [9.17, 15) is 0 Å². The van der Waals surface area contributed by atoms with Crippen LogP contribution in [0.15, 0.2) is 0 Å². The van der Waals surface area contributed by atoms with Gasteiger partial charge in [0, 0.05) is 0 Å². The fourth-order valence-corrected chi connectivity index (χ4v) is 0. The monoisotopic (exact) mass is 98.1 g/mol. The van der Waals surface area contributed by atoms with Gasteiger partial charge in [-0.25, -0.2) is 0 Å². The van der Waals surface area contributed by atoms with Crippen LogP contribution in [0.5, 0.6) is 0 Å². The van der Waals surface area contributed by atoms with E-state index in [0.29, 0.717) is 0 Å². The van der Waals surface area contributed by atoms with Gasteiger partial charge in [-0.3, -0.25) is 9.41 Å². The van der Waals surface area contributed by atoms with Gasteiger partial charge in [0.05, 0.1) is 0 Å². The molecule has 6 heavy (non-hydrogen) atoms. The van der Waals surface area contributed by atoms with E-state index in [1.807, 2.05) is 0 Å². The molecule has 0 aromatic rings. The van der Waals surface area contributed by atoms with Crippen LogP contribution in [0.3, 0.4) is 0 Å². The van der Waals surface area contributed by atoms with E-state index in [0.717, 1.165) is 0 Å². The van der Waals surface area contributed by atoms with E-state index in [2.05, 4.69) is 0 Å². The van der Waals surface area contributed by atoms with Crippen molar-refractivity contribution < 1.29 is 19.5 Å². The minimum absolute atomic E-state index is 0. The summed E-state index contributed by atoms with van der Waals surface area (Å²) in [6.07, 6.45) is 0. The largest absolute Gasteiger partial charge is 0.434 e. The highest BCUT2D eigenvalue weighted by molar-refractivity contribution is 6.93. The summed E-state index contributed by atoms with van der Waals surface area (Å²) in [5.74, 6) is 0. The molecule has 0 amide bonds. The number of rotatable bonds is 0. The van der Waals surface area contributed by atoms with Crippen LogP contribution >= 0.6 is 0 Å². The third-order valence-corrected chi connectivity index (χ3v) is 0. The molecule has 6 heteroatoms. The molecule has 0 unspecified atom stereocenters. The zero-order valence-electron chi connectivity index (χ0n) is 3.29. The molecule has 2 nitrogen and oxygen atoms in total. The van der Waals surface area contributed by atoms with Gasteiger partial charge in [0.15, 0.2) is 7.74 Å². The van der Waals surface area contributed by atoms with Gasteiger partial charge in [-0.05, 0) is 0 Å². The lowest BCUT2D eigenvalue weighted by Crippen LogP contribution is -2.08. The summed E-state index contributed by atoms with van der Waals surface area (Å²) < 4.78 is 0. The van der Waals surface area contributed by atoms with Gasteiger partial charge in [-0.2, -0.15) is 0 Å². The lowest BCUT2D eigenvalue weighted by atomic mass is 9.64. The Balaban J connectivity index is -0.0000000450. The van der Waals surface area contributed by atoms with Crippen molar-refractivity contribution in [2.45, 2.75) is 0 Å². The molecule has 2 N–H and O–H groups in total. The van der Waals surface area contributed by atoms with E-state index in [1.54, 1.807) is 0 Å². The van der Waals surface area contributed by atoms with Crippen molar-refractivity contribution in [1.29, 1.82) is 0 Å². The van der Waals surface area contributed by atoms with E-state index in [1.165, 1.54) is 7.74 Å². The predicted octanol–water partition coefficient (Wildman–Crippen LogP) is -2.11. The van der Waals surface area contributed by atoms with Crippen molar-refractivity contribution in [1.82, 2.24) is 0 Å². The van der Waals surface area contributed by atoms with E-state index in [4.69, 9.17) is 10.0 Å². The molecule has 0 heterocycles. The predicted molar refractivity (Wildman–Crippen MR) is 23.7 cm³/mol. The molecule has 0 rings (SSSR count). The molecule has 0 aromatic carbocycles. The third kappa shape index (κ3) is 4080. The zero-order chi connectivity index (χ0) is 3.58. The van der Waals surface area contributed by atoms with Crippen LogP contribution in [0.1, 0.15) is 0 Å². The van der Waals surface area contributed by atoms with Crippen LogP contribution in [-0.4, -0.2) is 24.8 Å². The van der Waals surface area contributed by atoms with Gasteiger partial charge in [0.1, 0.15) is 0 Å². The molecule has 0 aliphatic rings. The average molecular weight is 97.7 g/mol. The second kappa shape index (κ2) is 8.86. The fraction of sp³-hybridized carbons (Fsp3) is 0. The molecule has 0 saturated carbocycles.